The number of ketones is 1. The summed E-state index contributed by atoms with van der Waals surface area (Å²) in [5.41, 5.74) is 0.257. The maximum absolute atomic E-state index is 11.2. The van der Waals surface area contributed by atoms with Crippen LogP contribution in [0.25, 0.3) is 0 Å². The van der Waals surface area contributed by atoms with E-state index in [4.69, 9.17) is 0 Å². The molecule has 0 bridgehead atoms. The third-order valence-electron chi connectivity index (χ3n) is 1.67. The number of rotatable bonds is 4. The van der Waals surface area contributed by atoms with Crippen LogP contribution in [-0.2, 0) is 37.5 Å². The van der Waals surface area contributed by atoms with E-state index in [-0.39, 0.29) is 44.0 Å². The monoisotopic (exact) mass is 314 g/mol. The molecule has 0 aliphatic carbocycles. The molecule has 17 heavy (non-hydrogen) atoms. The molecular weight excluding hydrogens is 285 g/mol. The van der Waals surface area contributed by atoms with Crippen molar-refractivity contribution in [3.63, 3.8) is 0 Å². The third-order valence-corrected chi connectivity index (χ3v) is 1.67. The Balaban J connectivity index is -0.000000340. The van der Waals surface area contributed by atoms with Gasteiger partial charge >= 0.3 is 32.7 Å². The van der Waals surface area contributed by atoms with Gasteiger partial charge in [0.05, 0.1) is 0 Å². The molecule has 0 saturated heterocycles. The van der Waals surface area contributed by atoms with Crippen molar-refractivity contribution in [2.45, 2.75) is 60.8 Å². The minimum Gasteiger partial charge on any atom is -0.369 e. The Bertz CT molecular complexity index is 175. The summed E-state index contributed by atoms with van der Waals surface area (Å²) in [4.78, 5) is 11.2. The summed E-state index contributed by atoms with van der Waals surface area (Å²) in [6.07, 6.45) is 2.15. The van der Waals surface area contributed by atoms with Crippen molar-refractivity contribution >= 4 is 5.78 Å². The Morgan fingerprint density at radius 3 is 1.76 bits per heavy atom. The van der Waals surface area contributed by atoms with Crippen molar-refractivity contribution in [1.29, 1.82) is 0 Å². The van der Waals surface area contributed by atoms with Crippen LogP contribution in [0.2, 0.25) is 0 Å². The average molecular weight is 314 g/mol. The van der Waals surface area contributed by atoms with Gasteiger partial charge in [0.25, 0.3) is 0 Å². The van der Waals surface area contributed by atoms with Gasteiger partial charge < -0.3 is 19.8 Å². The smallest absolute Gasteiger partial charge is 0.369 e. The largest absolute Gasteiger partial charge is 3.00 e. The molecule has 0 unspecified atom stereocenters. The van der Waals surface area contributed by atoms with Gasteiger partial charge in [0, 0.05) is 6.42 Å². The summed E-state index contributed by atoms with van der Waals surface area (Å²) in [5.74, 6) is 1.72. The summed E-state index contributed by atoms with van der Waals surface area (Å²) in [6.45, 7) is 20.1. The van der Waals surface area contributed by atoms with Gasteiger partial charge in [0.1, 0.15) is 5.78 Å². The molecule has 98 valence electrons. The predicted molar refractivity (Wildman–Crippen MR) is 72.8 cm³/mol. The quantitative estimate of drug-likeness (QED) is 0.689. The van der Waals surface area contributed by atoms with Crippen LogP contribution >= 0.6 is 0 Å². The van der Waals surface area contributed by atoms with Crippen LogP contribution in [0.3, 0.4) is 0 Å². The van der Waals surface area contributed by atoms with Crippen LogP contribution in [0.4, 0.5) is 0 Å². The second kappa shape index (κ2) is 11.8. The van der Waals surface area contributed by atoms with Gasteiger partial charge in [-0.15, -0.1) is 0 Å². The third kappa shape index (κ3) is 31.5. The van der Waals surface area contributed by atoms with E-state index in [0.717, 1.165) is 6.42 Å². The number of hydrogen-bond acceptors (Lipinski definition) is 1. The summed E-state index contributed by atoms with van der Waals surface area (Å²) >= 11 is 0. The Morgan fingerprint density at radius 1 is 1.18 bits per heavy atom. The summed E-state index contributed by atoms with van der Waals surface area (Å²) in [5, 5.41) is 0. The topological polar surface area (TPSA) is 17.1 Å². The molecular formula is C15H29OY. The molecule has 1 nitrogen and oxygen atoms in total. The first-order valence-electron chi connectivity index (χ1n) is 5.99. The van der Waals surface area contributed by atoms with E-state index in [1.165, 1.54) is 5.92 Å². The fourth-order valence-electron chi connectivity index (χ4n) is 0.938. The van der Waals surface area contributed by atoms with Crippen LogP contribution in [0.15, 0.2) is 0 Å². The first kappa shape index (κ1) is 22.9. The van der Waals surface area contributed by atoms with Gasteiger partial charge in [0.15, 0.2) is 0 Å². The molecule has 2 heteroatoms. The molecule has 0 aliphatic heterocycles. The Morgan fingerprint density at radius 2 is 1.53 bits per heavy atom. The number of carbonyl (C=O) groups excluding carboxylic acids is 1. The van der Waals surface area contributed by atoms with Crippen LogP contribution in [-0.4, -0.2) is 5.78 Å². The normalized spacial score (nSPS) is 10.7. The molecule has 0 saturated carbocycles. The van der Waals surface area contributed by atoms with Gasteiger partial charge in [-0.25, -0.2) is 0 Å². The zero-order valence-electron chi connectivity index (χ0n) is 12.6. The van der Waals surface area contributed by atoms with Crippen LogP contribution in [0.5, 0.6) is 0 Å². The Hall–Kier alpha value is 0.774. The van der Waals surface area contributed by atoms with Gasteiger partial charge in [-0.3, -0.25) is 10.7 Å². The molecule has 0 aromatic carbocycles. The summed E-state index contributed by atoms with van der Waals surface area (Å²) in [6, 6.07) is 0. The first-order valence-corrected chi connectivity index (χ1v) is 5.99. The van der Waals surface area contributed by atoms with Crippen molar-refractivity contribution in [1.82, 2.24) is 0 Å². The molecule has 0 aliphatic rings. The molecule has 0 aromatic heterocycles. The maximum atomic E-state index is 11.2. The fraction of sp³-hybridized carbons (Fsp3) is 0.733. The van der Waals surface area contributed by atoms with E-state index >= 15 is 0 Å². The minimum absolute atomic E-state index is 0. The fourth-order valence-corrected chi connectivity index (χ4v) is 0.938. The maximum Gasteiger partial charge on any atom is 3.00 e. The number of carbonyl (C=O) groups is 1. The van der Waals surface area contributed by atoms with E-state index < -0.39 is 0 Å². The van der Waals surface area contributed by atoms with Crippen molar-refractivity contribution in [2.75, 3.05) is 0 Å². The molecule has 0 spiro atoms. The van der Waals surface area contributed by atoms with Gasteiger partial charge in [0.2, 0.25) is 0 Å². The van der Waals surface area contributed by atoms with Gasteiger partial charge in [-0.1, -0.05) is 20.8 Å². The molecule has 0 heterocycles. The zero-order chi connectivity index (χ0) is 13.4. The molecule has 0 rings (SSSR count). The SMILES string of the molecule is C[C-](C)C.[CH2-]C([CH2-])CC(=O)CCC(C)(C)C.[Y+3]. The summed E-state index contributed by atoms with van der Waals surface area (Å²) in [7, 11) is 0. The van der Waals surface area contributed by atoms with E-state index in [2.05, 4.69) is 55.4 Å². The van der Waals surface area contributed by atoms with E-state index in [1.807, 2.05) is 0 Å². The molecule has 0 fully saturated rings. The standard InChI is InChI=1S/C11H20O.C4H9.Y/c1-9(2)8-10(12)6-7-11(3,4)5;1-4(2)3;/h9H,1-2,6-8H2,3-5H3;1-3H3;/q-2;-1;+3. The first-order chi connectivity index (χ1) is 7.04. The van der Waals surface area contributed by atoms with E-state index in [1.54, 1.807) is 0 Å². The van der Waals surface area contributed by atoms with Crippen molar-refractivity contribution in [2.24, 2.45) is 11.3 Å². The Kier molecular flexibility index (Phi) is 16.0. The molecule has 0 atom stereocenters. The van der Waals surface area contributed by atoms with Crippen molar-refractivity contribution < 1.29 is 37.5 Å². The predicted octanol–water partition coefficient (Wildman–Crippen LogP) is 4.67. The van der Waals surface area contributed by atoms with E-state index in [0.29, 0.717) is 18.6 Å². The minimum atomic E-state index is 0. The zero-order valence-corrected chi connectivity index (χ0v) is 15.4. The number of Topliss-reactive ketones (excluding diaryl/α,β-unsaturated/α-hetero) is 1. The van der Waals surface area contributed by atoms with Crippen LogP contribution in [0.1, 0.15) is 60.8 Å². The molecule has 0 N–H and O–H groups in total. The van der Waals surface area contributed by atoms with Gasteiger partial charge in [-0.2, -0.15) is 20.8 Å². The molecule has 0 aromatic rings. The summed E-state index contributed by atoms with van der Waals surface area (Å²) < 4.78 is 0. The second-order valence-electron chi connectivity index (χ2n) is 6.17. The molecule has 0 radical (unpaired) electrons. The molecule has 0 amide bonds. The number of hydrogen-bond donors (Lipinski definition) is 0. The van der Waals surface area contributed by atoms with Crippen molar-refractivity contribution in [3.05, 3.63) is 19.8 Å². The van der Waals surface area contributed by atoms with Gasteiger partial charge in [-0.05, 0) is 18.3 Å². The van der Waals surface area contributed by atoms with E-state index in [9.17, 15) is 4.79 Å². The van der Waals surface area contributed by atoms with Crippen molar-refractivity contribution in [3.8, 4) is 0 Å². The van der Waals surface area contributed by atoms with Crippen LogP contribution in [0, 0.1) is 31.1 Å². The Labute approximate surface area is 134 Å². The second-order valence-corrected chi connectivity index (χ2v) is 6.17. The average Bonchev–Trinajstić information content (AvgIpc) is 1.97. The van der Waals surface area contributed by atoms with Crippen LogP contribution < -0.4 is 0 Å².